The lowest BCUT2D eigenvalue weighted by Crippen LogP contribution is -2.85. The maximum Gasteiger partial charge on any atom is 0.278 e. The summed E-state index contributed by atoms with van der Waals surface area (Å²) in [6.45, 7) is 4.08. The number of carbonyl (C=O) groups excluding carboxylic acids is 2. The third kappa shape index (κ3) is 2.13. The number of likely N-dealkylation sites (N-methyl/N-ethyl adjacent to an activating group) is 1. The Hall–Kier alpha value is -1.52. The van der Waals surface area contributed by atoms with E-state index in [1.165, 1.54) is 7.05 Å². The molecule has 0 spiro atoms. The molecule has 3 saturated heterocycles. The molecule has 22 heavy (non-hydrogen) atoms. The van der Waals surface area contributed by atoms with Crippen molar-refractivity contribution in [3.63, 3.8) is 0 Å². The molecule has 0 saturated carbocycles. The van der Waals surface area contributed by atoms with Crippen LogP contribution in [0.15, 0.2) is 12.2 Å². The maximum atomic E-state index is 12.5. The van der Waals surface area contributed by atoms with Crippen molar-refractivity contribution >= 4 is 11.8 Å². The maximum absolute atomic E-state index is 12.5. The Kier molecular flexibility index (Phi) is 4.05. The minimum atomic E-state index is -2.19. The lowest BCUT2D eigenvalue weighted by atomic mass is 9.84. The quantitative estimate of drug-likeness (QED) is 0.302. The largest absolute Gasteiger partial charge is 0.393 e. The van der Waals surface area contributed by atoms with E-state index in [1.807, 2.05) is 0 Å². The number of aliphatic hydroxyl groups is 3. The zero-order valence-corrected chi connectivity index (χ0v) is 12.5. The Bertz CT molecular complexity index is 522. The van der Waals surface area contributed by atoms with E-state index in [0.29, 0.717) is 5.57 Å². The smallest absolute Gasteiger partial charge is 0.278 e. The third-order valence-electron chi connectivity index (χ3n) is 4.21. The molecule has 3 aliphatic rings. The summed E-state index contributed by atoms with van der Waals surface area (Å²) >= 11 is 0. The molecule has 2 amide bonds. The van der Waals surface area contributed by atoms with Crippen LogP contribution in [0.4, 0.5) is 0 Å². The van der Waals surface area contributed by atoms with E-state index in [4.69, 9.17) is 4.74 Å². The molecule has 0 aromatic rings. The standard InChI is InChI=1S/C13H21N3O6/c1-7-4-5-22-13(8(18)11(2,21)6-17)10(20)15-12(7,14-3)9(19)16-13/h8,14,17-18,21H,1,4-6H2,2-3H3,(H,15,20)(H,16,19)/t8-,11-,12-,13-/m0/s1. The van der Waals surface area contributed by atoms with Gasteiger partial charge in [-0.05, 0) is 26.0 Å². The first kappa shape index (κ1) is 16.8. The van der Waals surface area contributed by atoms with Gasteiger partial charge < -0.3 is 30.7 Å². The number of ether oxygens (including phenoxy) is 1. The number of carbonyl (C=O) groups is 2. The zero-order valence-electron chi connectivity index (χ0n) is 12.5. The molecule has 4 atom stereocenters. The molecule has 3 rings (SSSR count). The molecular weight excluding hydrogens is 294 g/mol. The molecule has 124 valence electrons. The van der Waals surface area contributed by atoms with Gasteiger partial charge in [0.05, 0.1) is 13.2 Å². The predicted molar refractivity (Wildman–Crippen MR) is 74.2 cm³/mol. The number of aliphatic hydroxyl groups excluding tert-OH is 2. The van der Waals surface area contributed by atoms with Crippen molar-refractivity contribution in [3.8, 4) is 0 Å². The Morgan fingerprint density at radius 3 is 2.64 bits per heavy atom. The molecule has 3 heterocycles. The molecule has 0 radical (unpaired) electrons. The van der Waals surface area contributed by atoms with Crippen LogP contribution in [0.2, 0.25) is 0 Å². The van der Waals surface area contributed by atoms with Crippen LogP contribution in [0.5, 0.6) is 0 Å². The van der Waals surface area contributed by atoms with Crippen molar-refractivity contribution in [2.24, 2.45) is 0 Å². The van der Waals surface area contributed by atoms with Gasteiger partial charge in [0.15, 0.2) is 5.66 Å². The van der Waals surface area contributed by atoms with Gasteiger partial charge >= 0.3 is 0 Å². The Morgan fingerprint density at radius 1 is 1.45 bits per heavy atom. The average molecular weight is 315 g/mol. The van der Waals surface area contributed by atoms with E-state index >= 15 is 0 Å². The van der Waals surface area contributed by atoms with Gasteiger partial charge in [0.2, 0.25) is 0 Å². The zero-order chi connectivity index (χ0) is 16.8. The Balaban J connectivity index is 2.49. The fraction of sp³-hybridized carbons (Fsp3) is 0.692. The summed E-state index contributed by atoms with van der Waals surface area (Å²) < 4.78 is 5.40. The van der Waals surface area contributed by atoms with Crippen molar-refractivity contribution < 1.29 is 29.6 Å². The van der Waals surface area contributed by atoms with Crippen LogP contribution in [0.3, 0.4) is 0 Å². The monoisotopic (exact) mass is 315 g/mol. The topological polar surface area (TPSA) is 140 Å². The van der Waals surface area contributed by atoms with Gasteiger partial charge in [-0.1, -0.05) is 6.58 Å². The number of fused-ring (bicyclic) bond motifs is 5. The van der Waals surface area contributed by atoms with Crippen molar-refractivity contribution in [3.05, 3.63) is 12.2 Å². The third-order valence-corrected chi connectivity index (χ3v) is 4.21. The summed E-state index contributed by atoms with van der Waals surface area (Å²) in [6.07, 6.45) is -1.63. The predicted octanol–water partition coefficient (Wildman–Crippen LogP) is -3.07. The second-order valence-electron chi connectivity index (χ2n) is 5.76. The summed E-state index contributed by atoms with van der Waals surface area (Å²) in [4.78, 5) is 25.0. The molecule has 9 nitrogen and oxygen atoms in total. The fourth-order valence-corrected chi connectivity index (χ4v) is 2.66. The number of nitrogens with one attached hydrogen (secondary N) is 3. The summed E-state index contributed by atoms with van der Waals surface area (Å²) in [5, 5.41) is 37.1. The van der Waals surface area contributed by atoms with E-state index in [9.17, 15) is 24.9 Å². The number of hydrogen-bond donors (Lipinski definition) is 6. The van der Waals surface area contributed by atoms with Crippen LogP contribution >= 0.6 is 0 Å². The van der Waals surface area contributed by atoms with Gasteiger partial charge in [-0.3, -0.25) is 14.9 Å². The van der Waals surface area contributed by atoms with Crippen LogP contribution in [-0.4, -0.2) is 70.5 Å². The van der Waals surface area contributed by atoms with Gasteiger partial charge in [-0.25, -0.2) is 0 Å². The number of hydrogen-bond acceptors (Lipinski definition) is 7. The van der Waals surface area contributed by atoms with E-state index in [1.54, 1.807) is 0 Å². The lowest BCUT2D eigenvalue weighted by molar-refractivity contribution is -0.224. The van der Waals surface area contributed by atoms with Crippen molar-refractivity contribution in [1.82, 2.24) is 16.0 Å². The normalized spacial score (nSPS) is 36.0. The summed E-state index contributed by atoms with van der Waals surface area (Å²) in [5.74, 6) is -1.52. The van der Waals surface area contributed by atoms with Crippen LogP contribution < -0.4 is 16.0 Å². The number of rotatable bonds is 4. The van der Waals surface area contributed by atoms with Crippen molar-refractivity contribution in [2.45, 2.75) is 36.4 Å². The van der Waals surface area contributed by atoms with Crippen LogP contribution in [0.1, 0.15) is 13.3 Å². The molecule has 0 aliphatic carbocycles. The molecule has 6 N–H and O–H groups in total. The van der Waals surface area contributed by atoms with Gasteiger partial charge in [-0.2, -0.15) is 0 Å². The number of piperazine rings is 1. The minimum absolute atomic E-state index is 0.00542. The molecule has 2 bridgehead atoms. The minimum Gasteiger partial charge on any atom is -0.393 e. The second-order valence-corrected chi connectivity index (χ2v) is 5.76. The first-order chi connectivity index (χ1) is 10.2. The summed E-state index contributed by atoms with van der Waals surface area (Å²) in [6, 6.07) is 0. The molecular formula is C13H21N3O6. The van der Waals surface area contributed by atoms with Crippen molar-refractivity contribution in [1.29, 1.82) is 0 Å². The van der Waals surface area contributed by atoms with E-state index in [0.717, 1.165) is 6.92 Å². The van der Waals surface area contributed by atoms with Crippen LogP contribution in [0, 0.1) is 0 Å². The second kappa shape index (κ2) is 5.28. The first-order valence-electron chi connectivity index (χ1n) is 6.84. The Morgan fingerprint density at radius 2 is 2.09 bits per heavy atom. The highest BCUT2D eigenvalue weighted by Gasteiger charge is 2.63. The first-order valence-corrected chi connectivity index (χ1v) is 6.84. The highest BCUT2D eigenvalue weighted by Crippen LogP contribution is 2.32. The fourth-order valence-electron chi connectivity index (χ4n) is 2.66. The van der Waals surface area contributed by atoms with Crippen LogP contribution in [-0.2, 0) is 14.3 Å². The molecule has 3 aliphatic heterocycles. The highest BCUT2D eigenvalue weighted by atomic mass is 16.5. The van der Waals surface area contributed by atoms with Gasteiger partial charge in [0, 0.05) is 0 Å². The molecule has 0 unspecified atom stereocenters. The van der Waals surface area contributed by atoms with E-state index in [2.05, 4.69) is 22.5 Å². The molecule has 0 aromatic heterocycles. The van der Waals surface area contributed by atoms with Gasteiger partial charge in [-0.15, -0.1) is 0 Å². The van der Waals surface area contributed by atoms with Gasteiger partial charge in [0.1, 0.15) is 11.7 Å². The molecule has 0 aromatic carbocycles. The SMILES string of the molecule is C=C1CCO[C@]2([C@@H](O)[C@@](C)(O)CO)NC(=O)[C@@]1(NC)NC2=O. The lowest BCUT2D eigenvalue weighted by Gasteiger charge is -2.51. The van der Waals surface area contributed by atoms with E-state index < -0.39 is 41.5 Å². The summed E-state index contributed by atoms with van der Waals surface area (Å²) in [7, 11) is 1.49. The Labute approximate surface area is 127 Å². The van der Waals surface area contributed by atoms with Crippen LogP contribution in [0.25, 0.3) is 0 Å². The van der Waals surface area contributed by atoms with Crippen molar-refractivity contribution in [2.75, 3.05) is 20.3 Å². The average Bonchev–Trinajstić information content (AvgIpc) is 2.47. The summed E-state index contributed by atoms with van der Waals surface area (Å²) in [5.41, 5.74) is -5.35. The van der Waals surface area contributed by atoms with Gasteiger partial charge in [0.25, 0.3) is 17.5 Å². The highest BCUT2D eigenvalue weighted by molar-refractivity contribution is 6.03. The number of amides is 2. The molecule has 3 fully saturated rings. The van der Waals surface area contributed by atoms with E-state index in [-0.39, 0.29) is 13.0 Å². The molecule has 9 heteroatoms.